The number of hydrogen-bond donors (Lipinski definition) is 1. The van der Waals surface area contributed by atoms with Crippen LogP contribution >= 0.6 is 11.3 Å². The van der Waals surface area contributed by atoms with Crippen molar-refractivity contribution < 1.29 is 9.59 Å². The summed E-state index contributed by atoms with van der Waals surface area (Å²) in [5.74, 6) is -0.369. The summed E-state index contributed by atoms with van der Waals surface area (Å²) in [4.78, 5) is 48.8. The first-order valence-electron chi connectivity index (χ1n) is 10.5. The van der Waals surface area contributed by atoms with E-state index >= 15 is 0 Å². The Bertz CT molecular complexity index is 1350. The number of benzene rings is 2. The molecule has 5 rings (SSSR count). The summed E-state index contributed by atoms with van der Waals surface area (Å²) >= 11 is 1.41. The van der Waals surface area contributed by atoms with Crippen LogP contribution in [0.2, 0.25) is 0 Å². The van der Waals surface area contributed by atoms with Crippen LogP contribution < -0.4 is 10.9 Å². The van der Waals surface area contributed by atoms with Gasteiger partial charge in [-0.3, -0.25) is 19.0 Å². The number of aromatic nitrogens is 3. The Balaban J connectivity index is 1.25. The molecule has 32 heavy (non-hydrogen) atoms. The van der Waals surface area contributed by atoms with Crippen molar-refractivity contribution in [1.82, 2.24) is 19.4 Å². The van der Waals surface area contributed by atoms with E-state index in [1.54, 1.807) is 23.1 Å². The summed E-state index contributed by atoms with van der Waals surface area (Å²) in [5, 5.41) is 3.93. The van der Waals surface area contributed by atoms with E-state index in [1.165, 1.54) is 22.2 Å². The van der Waals surface area contributed by atoms with Crippen LogP contribution in [0.1, 0.15) is 19.3 Å². The number of para-hydroxylation sites is 2. The molecule has 8 nitrogen and oxygen atoms in total. The smallest absolute Gasteiger partial charge is 0.261 e. The van der Waals surface area contributed by atoms with Crippen molar-refractivity contribution in [3.8, 4) is 0 Å². The number of hydrogen-bond acceptors (Lipinski definition) is 6. The molecule has 1 aliphatic heterocycles. The minimum absolute atomic E-state index is 0.130. The van der Waals surface area contributed by atoms with Crippen LogP contribution in [0.5, 0.6) is 0 Å². The number of thiazole rings is 1. The topological polar surface area (TPSA) is 97.2 Å². The predicted octanol–water partition coefficient (Wildman–Crippen LogP) is 3.03. The maximum Gasteiger partial charge on any atom is 0.261 e. The maximum atomic E-state index is 12.9. The molecule has 0 saturated carbocycles. The molecule has 3 heterocycles. The van der Waals surface area contributed by atoms with Gasteiger partial charge in [-0.25, -0.2) is 9.97 Å². The number of likely N-dealkylation sites (tertiary alicyclic amines) is 1. The van der Waals surface area contributed by atoms with E-state index in [9.17, 15) is 14.4 Å². The lowest BCUT2D eigenvalue weighted by Crippen LogP contribution is -2.43. The fraction of sp³-hybridized carbons (Fsp3) is 0.261. The molecular weight excluding hydrogens is 426 g/mol. The van der Waals surface area contributed by atoms with Crippen LogP contribution in [0, 0.1) is 0 Å². The first-order chi connectivity index (χ1) is 15.6. The fourth-order valence-corrected chi connectivity index (χ4v) is 4.95. The second-order valence-corrected chi connectivity index (χ2v) is 8.76. The maximum absolute atomic E-state index is 12.9. The van der Waals surface area contributed by atoms with Crippen molar-refractivity contribution in [1.29, 1.82) is 0 Å². The van der Waals surface area contributed by atoms with Crippen LogP contribution in [0.3, 0.4) is 0 Å². The molecule has 2 aromatic carbocycles. The van der Waals surface area contributed by atoms with Gasteiger partial charge in [0.25, 0.3) is 5.56 Å². The molecule has 1 unspecified atom stereocenters. The lowest BCUT2D eigenvalue weighted by atomic mass is 10.2. The number of carbonyl (C=O) groups is 2. The second kappa shape index (κ2) is 8.51. The summed E-state index contributed by atoms with van der Waals surface area (Å²) in [6.07, 6.45) is 2.98. The Morgan fingerprint density at radius 3 is 2.72 bits per heavy atom. The third-order valence-corrected chi connectivity index (χ3v) is 6.65. The second-order valence-electron chi connectivity index (χ2n) is 7.73. The molecule has 2 amide bonds. The van der Waals surface area contributed by atoms with E-state index in [-0.39, 0.29) is 30.3 Å². The van der Waals surface area contributed by atoms with Gasteiger partial charge < -0.3 is 10.2 Å². The third kappa shape index (κ3) is 3.87. The van der Waals surface area contributed by atoms with Crippen LogP contribution in [0.25, 0.3) is 21.1 Å². The first kappa shape index (κ1) is 20.3. The van der Waals surface area contributed by atoms with Gasteiger partial charge in [0.2, 0.25) is 11.8 Å². The highest BCUT2D eigenvalue weighted by Crippen LogP contribution is 2.27. The molecule has 1 aliphatic rings. The number of anilines is 1. The standard InChI is InChI=1S/C23H21N5O3S/c29-20(11-13-27-14-24-16-7-2-1-6-15(16)22(27)31)28-12-5-9-18(28)21(30)26-23-25-17-8-3-4-10-19(17)32-23/h1-4,6-8,10,14,18H,5,9,11-13H2,(H,25,26,30). The zero-order valence-electron chi connectivity index (χ0n) is 17.2. The van der Waals surface area contributed by atoms with Crippen LogP contribution in [-0.2, 0) is 16.1 Å². The van der Waals surface area contributed by atoms with Gasteiger partial charge in [-0.1, -0.05) is 35.6 Å². The van der Waals surface area contributed by atoms with E-state index in [0.29, 0.717) is 29.0 Å². The van der Waals surface area contributed by atoms with E-state index in [0.717, 1.165) is 16.6 Å². The number of nitrogens with one attached hydrogen (secondary N) is 1. The van der Waals surface area contributed by atoms with Gasteiger partial charge in [0.1, 0.15) is 6.04 Å². The fourth-order valence-electron chi connectivity index (χ4n) is 4.08. The van der Waals surface area contributed by atoms with Crippen LogP contribution in [-0.4, -0.2) is 43.8 Å². The molecule has 0 radical (unpaired) electrons. The number of amides is 2. The highest BCUT2D eigenvalue weighted by atomic mass is 32.1. The van der Waals surface area contributed by atoms with Gasteiger partial charge in [0.15, 0.2) is 5.13 Å². The van der Waals surface area contributed by atoms with Gasteiger partial charge in [-0.15, -0.1) is 0 Å². The minimum atomic E-state index is -0.527. The van der Waals surface area contributed by atoms with Gasteiger partial charge >= 0.3 is 0 Å². The number of aryl methyl sites for hydroxylation is 1. The normalized spacial score (nSPS) is 16.0. The Hall–Kier alpha value is -3.59. The average Bonchev–Trinajstić information content (AvgIpc) is 3.45. The number of rotatable bonds is 5. The summed E-state index contributed by atoms with van der Waals surface area (Å²) in [6, 6.07) is 14.3. The number of fused-ring (bicyclic) bond motifs is 2. The number of carbonyl (C=O) groups excluding carboxylic acids is 2. The zero-order chi connectivity index (χ0) is 22.1. The monoisotopic (exact) mass is 447 g/mol. The molecule has 1 atom stereocenters. The van der Waals surface area contributed by atoms with Crippen molar-refractivity contribution in [3.63, 3.8) is 0 Å². The van der Waals surface area contributed by atoms with Crippen molar-refractivity contribution in [2.24, 2.45) is 0 Å². The molecule has 2 aromatic heterocycles. The third-order valence-electron chi connectivity index (χ3n) is 5.70. The highest BCUT2D eigenvalue weighted by molar-refractivity contribution is 7.22. The van der Waals surface area contributed by atoms with E-state index in [1.807, 2.05) is 30.3 Å². The Morgan fingerprint density at radius 2 is 1.88 bits per heavy atom. The van der Waals surface area contributed by atoms with Crippen molar-refractivity contribution >= 4 is 49.4 Å². The number of nitrogens with zero attached hydrogens (tertiary/aromatic N) is 4. The van der Waals surface area contributed by atoms with Crippen LogP contribution in [0.4, 0.5) is 5.13 Å². The highest BCUT2D eigenvalue weighted by Gasteiger charge is 2.34. The average molecular weight is 448 g/mol. The molecule has 1 N–H and O–H groups in total. The van der Waals surface area contributed by atoms with Gasteiger partial charge in [-0.05, 0) is 37.1 Å². The van der Waals surface area contributed by atoms with Gasteiger partial charge in [0.05, 0.1) is 27.4 Å². The molecule has 162 valence electrons. The SMILES string of the molecule is O=C(Nc1nc2ccccc2s1)C1CCCN1C(=O)CCn1cnc2ccccc2c1=O. The molecule has 1 fully saturated rings. The molecule has 0 spiro atoms. The first-order valence-corrected chi connectivity index (χ1v) is 11.3. The summed E-state index contributed by atoms with van der Waals surface area (Å²) in [6.45, 7) is 0.750. The Kier molecular flexibility index (Phi) is 5.40. The Morgan fingerprint density at radius 1 is 1.09 bits per heavy atom. The molecule has 0 aliphatic carbocycles. The largest absolute Gasteiger partial charge is 0.331 e. The van der Waals surface area contributed by atoms with Crippen molar-refractivity contribution in [2.45, 2.75) is 31.8 Å². The van der Waals surface area contributed by atoms with E-state index in [2.05, 4.69) is 15.3 Å². The van der Waals surface area contributed by atoms with E-state index in [4.69, 9.17) is 0 Å². The lowest BCUT2D eigenvalue weighted by molar-refractivity contribution is -0.136. The predicted molar refractivity (Wildman–Crippen MR) is 124 cm³/mol. The lowest BCUT2D eigenvalue weighted by Gasteiger charge is -2.23. The quantitative estimate of drug-likeness (QED) is 0.507. The van der Waals surface area contributed by atoms with Gasteiger partial charge in [-0.2, -0.15) is 0 Å². The zero-order valence-corrected chi connectivity index (χ0v) is 18.0. The van der Waals surface area contributed by atoms with Crippen LogP contribution in [0.15, 0.2) is 59.7 Å². The van der Waals surface area contributed by atoms with E-state index < -0.39 is 6.04 Å². The van der Waals surface area contributed by atoms with Gasteiger partial charge in [0, 0.05) is 19.5 Å². The summed E-state index contributed by atoms with van der Waals surface area (Å²) in [5.41, 5.74) is 1.29. The molecule has 1 saturated heterocycles. The van der Waals surface area contributed by atoms with Crippen molar-refractivity contribution in [2.75, 3.05) is 11.9 Å². The molecule has 9 heteroatoms. The summed E-state index contributed by atoms with van der Waals surface area (Å²) < 4.78 is 2.45. The summed E-state index contributed by atoms with van der Waals surface area (Å²) in [7, 11) is 0. The molecular formula is C23H21N5O3S. The minimum Gasteiger partial charge on any atom is -0.331 e. The molecule has 4 aromatic rings. The molecule has 0 bridgehead atoms. The van der Waals surface area contributed by atoms with Crippen molar-refractivity contribution in [3.05, 3.63) is 65.2 Å². The Labute approximate surface area is 187 Å².